The van der Waals surface area contributed by atoms with Crippen LogP contribution in [0.4, 0.5) is 5.69 Å². The van der Waals surface area contributed by atoms with Crippen LogP contribution in [-0.2, 0) is 14.8 Å². The summed E-state index contributed by atoms with van der Waals surface area (Å²) in [5.41, 5.74) is 2.81. The Morgan fingerprint density at radius 1 is 1.20 bits per heavy atom. The fourth-order valence-electron chi connectivity index (χ4n) is 3.13. The normalized spacial score (nSPS) is 18.4. The third-order valence-corrected chi connectivity index (χ3v) is 7.80. The number of rotatable bonds is 4. The number of nitrogens with one attached hydrogen (secondary N) is 1. The van der Waals surface area contributed by atoms with Crippen molar-refractivity contribution in [1.29, 1.82) is 0 Å². The second-order valence-electron chi connectivity index (χ2n) is 6.45. The Morgan fingerprint density at radius 3 is 2.60 bits per heavy atom. The molecule has 1 aromatic heterocycles. The van der Waals surface area contributed by atoms with Gasteiger partial charge >= 0.3 is 0 Å². The van der Waals surface area contributed by atoms with E-state index in [4.69, 9.17) is 0 Å². The molecule has 7 heteroatoms. The number of benzene rings is 1. The van der Waals surface area contributed by atoms with E-state index >= 15 is 0 Å². The van der Waals surface area contributed by atoms with Gasteiger partial charge < -0.3 is 5.32 Å². The summed E-state index contributed by atoms with van der Waals surface area (Å²) in [6, 6.07) is 8.53. The smallest absolute Gasteiger partial charge is 0.253 e. The summed E-state index contributed by atoms with van der Waals surface area (Å²) in [4.78, 5) is 13.7. The highest BCUT2D eigenvalue weighted by Crippen LogP contribution is 2.31. The Hall–Kier alpha value is -1.70. The summed E-state index contributed by atoms with van der Waals surface area (Å²) in [6.45, 7) is 6.18. The second-order valence-corrected chi connectivity index (χ2v) is 9.85. The van der Waals surface area contributed by atoms with Gasteiger partial charge in [-0.05, 0) is 57.4 Å². The topological polar surface area (TPSA) is 66.5 Å². The van der Waals surface area contributed by atoms with Crippen LogP contribution in [0.2, 0.25) is 0 Å². The van der Waals surface area contributed by atoms with Crippen molar-refractivity contribution in [2.45, 2.75) is 43.9 Å². The first-order valence-electron chi connectivity index (χ1n) is 8.25. The predicted molar refractivity (Wildman–Crippen MR) is 101 cm³/mol. The van der Waals surface area contributed by atoms with Gasteiger partial charge in [0.25, 0.3) is 10.0 Å². The van der Waals surface area contributed by atoms with Crippen LogP contribution in [0.15, 0.2) is 34.5 Å². The van der Waals surface area contributed by atoms with Crippen LogP contribution in [0, 0.1) is 20.8 Å². The van der Waals surface area contributed by atoms with Gasteiger partial charge in [-0.25, -0.2) is 8.42 Å². The Bertz CT molecular complexity index is 903. The van der Waals surface area contributed by atoms with Crippen molar-refractivity contribution in [2.75, 3.05) is 11.9 Å². The zero-order chi connectivity index (χ0) is 18.2. The van der Waals surface area contributed by atoms with Crippen LogP contribution in [0.5, 0.6) is 0 Å². The molecule has 1 aliphatic rings. The van der Waals surface area contributed by atoms with Crippen molar-refractivity contribution >= 4 is 33.0 Å². The van der Waals surface area contributed by atoms with Gasteiger partial charge in [0.1, 0.15) is 10.3 Å². The third kappa shape index (κ3) is 3.63. The first kappa shape index (κ1) is 18.1. The number of aryl methyl sites for hydroxylation is 3. The van der Waals surface area contributed by atoms with Gasteiger partial charge in [-0.1, -0.05) is 17.7 Å². The Labute approximate surface area is 152 Å². The molecule has 0 saturated carbocycles. The van der Waals surface area contributed by atoms with Crippen molar-refractivity contribution in [2.24, 2.45) is 0 Å². The molecule has 1 aliphatic heterocycles. The van der Waals surface area contributed by atoms with E-state index < -0.39 is 16.1 Å². The highest BCUT2D eigenvalue weighted by molar-refractivity contribution is 7.91. The van der Waals surface area contributed by atoms with Crippen LogP contribution in [0.25, 0.3) is 0 Å². The van der Waals surface area contributed by atoms with Gasteiger partial charge in [-0.15, -0.1) is 11.3 Å². The van der Waals surface area contributed by atoms with E-state index in [0.717, 1.165) is 21.7 Å². The van der Waals surface area contributed by atoms with Gasteiger partial charge in [-0.3, -0.25) is 4.79 Å². The minimum absolute atomic E-state index is 0.263. The lowest BCUT2D eigenvalue weighted by Crippen LogP contribution is -2.42. The number of hydrogen-bond acceptors (Lipinski definition) is 4. The number of anilines is 1. The highest BCUT2D eigenvalue weighted by Gasteiger charge is 2.40. The number of carbonyl (C=O) groups is 1. The first-order chi connectivity index (χ1) is 11.8. The molecule has 25 heavy (non-hydrogen) atoms. The van der Waals surface area contributed by atoms with E-state index in [0.29, 0.717) is 23.6 Å². The molecule has 1 amide bonds. The zero-order valence-electron chi connectivity index (χ0n) is 14.6. The maximum absolute atomic E-state index is 12.9. The van der Waals surface area contributed by atoms with E-state index in [1.54, 1.807) is 12.1 Å². The molecule has 5 nitrogen and oxygen atoms in total. The minimum Gasteiger partial charge on any atom is -0.324 e. The van der Waals surface area contributed by atoms with Crippen molar-refractivity contribution < 1.29 is 13.2 Å². The zero-order valence-corrected chi connectivity index (χ0v) is 16.2. The van der Waals surface area contributed by atoms with Gasteiger partial charge in [0.15, 0.2) is 0 Å². The van der Waals surface area contributed by atoms with Crippen molar-refractivity contribution in [3.8, 4) is 0 Å². The molecule has 1 unspecified atom stereocenters. The molecule has 2 heterocycles. The van der Waals surface area contributed by atoms with Crippen molar-refractivity contribution in [3.63, 3.8) is 0 Å². The lowest BCUT2D eigenvalue weighted by Gasteiger charge is -2.23. The molecule has 0 aliphatic carbocycles. The minimum atomic E-state index is -3.63. The van der Waals surface area contributed by atoms with Crippen LogP contribution < -0.4 is 5.32 Å². The number of hydrogen-bond donors (Lipinski definition) is 1. The standard InChI is InChI=1S/C18H22N2O3S2/c1-12-6-8-15(13(2)11-12)19-18(21)16-5-4-10-20(16)25(22,23)17-9-7-14(3)24-17/h6-9,11,16H,4-5,10H2,1-3H3,(H,19,21). The fourth-order valence-corrected chi connectivity index (χ4v) is 6.20. The average molecular weight is 379 g/mol. The molecule has 0 bridgehead atoms. The Balaban J connectivity index is 1.82. The second kappa shape index (κ2) is 6.90. The van der Waals surface area contributed by atoms with Crippen LogP contribution in [0.3, 0.4) is 0 Å². The summed E-state index contributed by atoms with van der Waals surface area (Å²) in [5, 5.41) is 2.90. The maximum atomic E-state index is 12.9. The molecule has 1 atom stereocenters. The molecular formula is C18H22N2O3S2. The lowest BCUT2D eigenvalue weighted by atomic mass is 10.1. The summed E-state index contributed by atoms with van der Waals surface area (Å²) in [6.07, 6.45) is 1.23. The number of carbonyl (C=O) groups excluding carboxylic acids is 1. The SMILES string of the molecule is Cc1ccc(NC(=O)C2CCCN2S(=O)(=O)c2ccc(C)s2)c(C)c1. The van der Waals surface area contributed by atoms with E-state index in [9.17, 15) is 13.2 Å². The fraction of sp³-hybridized carbons (Fsp3) is 0.389. The maximum Gasteiger partial charge on any atom is 0.253 e. The predicted octanol–water partition coefficient (Wildman–Crippen LogP) is 3.47. The highest BCUT2D eigenvalue weighted by atomic mass is 32.2. The van der Waals surface area contributed by atoms with Gasteiger partial charge in [0, 0.05) is 17.1 Å². The van der Waals surface area contributed by atoms with Crippen LogP contribution in [0.1, 0.15) is 28.8 Å². The molecule has 134 valence electrons. The number of nitrogens with zero attached hydrogens (tertiary/aromatic N) is 1. The summed E-state index contributed by atoms with van der Waals surface area (Å²) in [7, 11) is -3.63. The Kier molecular flexibility index (Phi) is 4.99. The lowest BCUT2D eigenvalue weighted by molar-refractivity contribution is -0.119. The van der Waals surface area contributed by atoms with Gasteiger partial charge in [0.2, 0.25) is 5.91 Å². The largest absolute Gasteiger partial charge is 0.324 e. The van der Waals surface area contributed by atoms with Gasteiger partial charge in [0.05, 0.1) is 0 Å². The summed E-state index contributed by atoms with van der Waals surface area (Å²) in [5.74, 6) is -0.263. The molecule has 1 fully saturated rings. The molecule has 1 aromatic carbocycles. The summed E-state index contributed by atoms with van der Waals surface area (Å²) >= 11 is 1.24. The monoisotopic (exact) mass is 378 g/mol. The van der Waals surface area contributed by atoms with Crippen LogP contribution in [-0.4, -0.2) is 31.2 Å². The molecule has 3 rings (SSSR count). The van der Waals surface area contributed by atoms with E-state index in [2.05, 4.69) is 5.32 Å². The van der Waals surface area contributed by atoms with Gasteiger partial charge in [-0.2, -0.15) is 4.31 Å². The number of thiophene rings is 1. The molecule has 0 spiro atoms. The first-order valence-corrected chi connectivity index (χ1v) is 10.5. The molecule has 0 radical (unpaired) electrons. The van der Waals surface area contributed by atoms with E-state index in [-0.39, 0.29) is 5.91 Å². The van der Waals surface area contributed by atoms with E-state index in [1.165, 1.54) is 15.6 Å². The molecule has 1 N–H and O–H groups in total. The molecular weight excluding hydrogens is 356 g/mol. The third-order valence-electron chi connectivity index (χ3n) is 4.42. The molecule has 1 saturated heterocycles. The summed E-state index contributed by atoms with van der Waals surface area (Å²) < 4.78 is 27.4. The number of amides is 1. The van der Waals surface area contributed by atoms with Crippen molar-refractivity contribution in [3.05, 3.63) is 46.3 Å². The number of sulfonamides is 1. The average Bonchev–Trinajstić information content (AvgIpc) is 3.19. The quantitative estimate of drug-likeness (QED) is 0.886. The Morgan fingerprint density at radius 2 is 1.96 bits per heavy atom. The molecule has 2 aromatic rings. The van der Waals surface area contributed by atoms with Crippen molar-refractivity contribution in [1.82, 2.24) is 4.31 Å². The van der Waals surface area contributed by atoms with E-state index in [1.807, 2.05) is 39.0 Å². The van der Waals surface area contributed by atoms with Crippen LogP contribution >= 0.6 is 11.3 Å².